The van der Waals surface area contributed by atoms with Crippen LogP contribution in [0.1, 0.15) is 38.1 Å². The first-order valence-electron chi connectivity index (χ1n) is 5.52. The third kappa shape index (κ3) is 2.22. The normalized spacial score (nSPS) is 13.2. The van der Waals surface area contributed by atoms with E-state index in [1.165, 1.54) is 12.1 Å². The quantitative estimate of drug-likeness (QED) is 0.864. The summed E-state index contributed by atoms with van der Waals surface area (Å²) in [5.74, 6) is 0.173. The topological polar surface area (TPSA) is 52.0 Å². The first kappa shape index (κ1) is 11.1. The Kier molecular flexibility index (Phi) is 3.19. The highest BCUT2D eigenvalue weighted by Gasteiger charge is 2.13. The molecule has 0 spiro atoms. The number of nitrogens with zero attached hydrogens (tertiary/aromatic N) is 1. The zero-order chi connectivity index (χ0) is 11.5. The van der Waals surface area contributed by atoms with Crippen LogP contribution >= 0.6 is 0 Å². The van der Waals surface area contributed by atoms with Crippen molar-refractivity contribution in [3.8, 4) is 0 Å². The molecule has 0 aliphatic rings. The molecule has 0 saturated carbocycles. The molecular formula is C12H15FN2O. The summed E-state index contributed by atoms with van der Waals surface area (Å²) in [4.78, 5) is 4.25. The summed E-state index contributed by atoms with van der Waals surface area (Å²) in [7, 11) is 0. The number of hydrogen-bond acceptors (Lipinski definition) is 3. The zero-order valence-electron chi connectivity index (χ0n) is 9.24. The van der Waals surface area contributed by atoms with Crippen molar-refractivity contribution in [2.45, 2.75) is 32.2 Å². The predicted molar refractivity (Wildman–Crippen MR) is 60.4 cm³/mol. The van der Waals surface area contributed by atoms with E-state index in [4.69, 9.17) is 10.2 Å². The van der Waals surface area contributed by atoms with Gasteiger partial charge >= 0.3 is 0 Å². The summed E-state index contributed by atoms with van der Waals surface area (Å²) in [5, 5.41) is 0. The lowest BCUT2D eigenvalue weighted by Gasteiger charge is -2.04. The van der Waals surface area contributed by atoms with Gasteiger partial charge in [0.05, 0.1) is 6.04 Å². The van der Waals surface area contributed by atoms with Gasteiger partial charge in [0.25, 0.3) is 0 Å². The Balaban J connectivity index is 2.25. The third-order valence-corrected chi connectivity index (χ3v) is 2.55. The summed E-state index contributed by atoms with van der Waals surface area (Å²) < 4.78 is 18.4. The standard InChI is InChI=1S/C12H15FN2O/c1-2-3-4-9(14)12-15-10-6-5-8(13)7-11(10)16-12/h5-7,9H,2-4,14H2,1H3. The Morgan fingerprint density at radius 2 is 2.31 bits per heavy atom. The summed E-state index contributed by atoms with van der Waals surface area (Å²) in [5.41, 5.74) is 7.05. The fourth-order valence-electron chi connectivity index (χ4n) is 1.62. The molecule has 0 bridgehead atoms. The molecule has 0 fully saturated rings. The van der Waals surface area contributed by atoms with Gasteiger partial charge in [-0.1, -0.05) is 19.8 Å². The molecule has 3 nitrogen and oxygen atoms in total. The summed E-state index contributed by atoms with van der Waals surface area (Å²) in [6, 6.07) is 4.10. The van der Waals surface area contributed by atoms with Gasteiger partial charge < -0.3 is 10.2 Å². The molecule has 1 aromatic carbocycles. The van der Waals surface area contributed by atoms with Crippen LogP contribution in [0.3, 0.4) is 0 Å². The molecule has 1 aromatic heterocycles. The number of nitrogens with two attached hydrogens (primary N) is 1. The highest BCUT2D eigenvalue weighted by Crippen LogP contribution is 2.22. The number of benzene rings is 1. The van der Waals surface area contributed by atoms with Crippen LogP contribution in [0.5, 0.6) is 0 Å². The van der Waals surface area contributed by atoms with E-state index >= 15 is 0 Å². The maximum Gasteiger partial charge on any atom is 0.212 e. The molecule has 2 rings (SSSR count). The van der Waals surface area contributed by atoms with Crippen molar-refractivity contribution in [2.24, 2.45) is 5.73 Å². The monoisotopic (exact) mass is 222 g/mol. The second kappa shape index (κ2) is 4.61. The molecule has 0 aliphatic heterocycles. The Morgan fingerprint density at radius 1 is 1.50 bits per heavy atom. The van der Waals surface area contributed by atoms with Crippen LogP contribution in [0, 0.1) is 5.82 Å². The average Bonchev–Trinajstić information content (AvgIpc) is 2.68. The Labute approximate surface area is 93.5 Å². The molecule has 4 heteroatoms. The number of hydrogen-bond donors (Lipinski definition) is 1. The SMILES string of the molecule is CCCCC(N)c1nc2ccc(F)cc2o1. The fourth-order valence-corrected chi connectivity index (χ4v) is 1.62. The van der Waals surface area contributed by atoms with E-state index in [2.05, 4.69) is 11.9 Å². The molecule has 0 radical (unpaired) electrons. The minimum atomic E-state index is -0.322. The molecule has 1 unspecified atom stereocenters. The molecule has 1 atom stereocenters. The van der Waals surface area contributed by atoms with Crippen LogP contribution < -0.4 is 5.73 Å². The Morgan fingerprint density at radius 3 is 3.06 bits per heavy atom. The minimum absolute atomic E-state index is 0.199. The smallest absolute Gasteiger partial charge is 0.212 e. The van der Waals surface area contributed by atoms with Crippen molar-refractivity contribution >= 4 is 11.1 Å². The Bertz CT molecular complexity index is 481. The highest BCUT2D eigenvalue weighted by atomic mass is 19.1. The maximum absolute atomic E-state index is 12.9. The third-order valence-electron chi connectivity index (χ3n) is 2.55. The molecule has 2 N–H and O–H groups in total. The fraction of sp³-hybridized carbons (Fsp3) is 0.417. The van der Waals surface area contributed by atoms with Gasteiger partial charge in [0.2, 0.25) is 5.89 Å². The van der Waals surface area contributed by atoms with E-state index in [0.29, 0.717) is 17.0 Å². The van der Waals surface area contributed by atoms with Gasteiger partial charge in [-0.3, -0.25) is 0 Å². The molecule has 86 valence electrons. The van der Waals surface area contributed by atoms with Crippen molar-refractivity contribution in [3.05, 3.63) is 29.9 Å². The van der Waals surface area contributed by atoms with Crippen LogP contribution in [-0.4, -0.2) is 4.98 Å². The van der Waals surface area contributed by atoms with Gasteiger partial charge in [0, 0.05) is 6.07 Å². The van der Waals surface area contributed by atoms with E-state index in [9.17, 15) is 4.39 Å². The number of oxazole rings is 1. The number of halogens is 1. The van der Waals surface area contributed by atoms with Gasteiger partial charge in [0.15, 0.2) is 5.58 Å². The first-order valence-corrected chi connectivity index (χ1v) is 5.52. The van der Waals surface area contributed by atoms with Crippen LogP contribution in [0.15, 0.2) is 22.6 Å². The van der Waals surface area contributed by atoms with Crippen molar-refractivity contribution in [3.63, 3.8) is 0 Å². The molecule has 0 saturated heterocycles. The first-order chi connectivity index (χ1) is 7.70. The molecule has 16 heavy (non-hydrogen) atoms. The van der Waals surface area contributed by atoms with Gasteiger partial charge in [-0.2, -0.15) is 0 Å². The molecular weight excluding hydrogens is 207 g/mol. The second-order valence-corrected chi connectivity index (χ2v) is 3.91. The number of aromatic nitrogens is 1. The van der Waals surface area contributed by atoms with Gasteiger partial charge in [-0.15, -0.1) is 0 Å². The van der Waals surface area contributed by atoms with Crippen molar-refractivity contribution in [1.29, 1.82) is 0 Å². The lowest BCUT2D eigenvalue weighted by Crippen LogP contribution is -2.10. The van der Waals surface area contributed by atoms with Crippen LogP contribution in [0.25, 0.3) is 11.1 Å². The number of unbranched alkanes of at least 4 members (excludes halogenated alkanes) is 1. The number of rotatable bonds is 4. The highest BCUT2D eigenvalue weighted by molar-refractivity contribution is 5.72. The zero-order valence-corrected chi connectivity index (χ0v) is 9.24. The van der Waals surface area contributed by atoms with Crippen LogP contribution in [0.4, 0.5) is 4.39 Å². The largest absolute Gasteiger partial charge is 0.439 e. The summed E-state index contributed by atoms with van der Waals surface area (Å²) in [6.07, 6.45) is 2.96. The molecule has 0 amide bonds. The molecule has 1 heterocycles. The van der Waals surface area contributed by atoms with E-state index in [1.807, 2.05) is 0 Å². The predicted octanol–water partition coefficient (Wildman–Crippen LogP) is 3.16. The van der Waals surface area contributed by atoms with E-state index in [1.54, 1.807) is 6.07 Å². The number of fused-ring (bicyclic) bond motifs is 1. The minimum Gasteiger partial charge on any atom is -0.439 e. The van der Waals surface area contributed by atoms with Crippen molar-refractivity contribution in [2.75, 3.05) is 0 Å². The summed E-state index contributed by atoms with van der Waals surface area (Å²) in [6.45, 7) is 2.11. The van der Waals surface area contributed by atoms with Crippen molar-refractivity contribution in [1.82, 2.24) is 4.98 Å². The molecule has 2 aromatic rings. The average molecular weight is 222 g/mol. The Hall–Kier alpha value is -1.42. The maximum atomic E-state index is 12.9. The van der Waals surface area contributed by atoms with E-state index in [0.717, 1.165) is 19.3 Å². The molecule has 0 aliphatic carbocycles. The summed E-state index contributed by atoms with van der Waals surface area (Å²) >= 11 is 0. The van der Waals surface area contributed by atoms with Crippen LogP contribution in [-0.2, 0) is 0 Å². The van der Waals surface area contributed by atoms with Gasteiger partial charge in [0.1, 0.15) is 11.3 Å². The van der Waals surface area contributed by atoms with Gasteiger partial charge in [-0.25, -0.2) is 9.37 Å². The lowest BCUT2D eigenvalue weighted by molar-refractivity contribution is 0.449. The van der Waals surface area contributed by atoms with E-state index < -0.39 is 0 Å². The van der Waals surface area contributed by atoms with Gasteiger partial charge in [-0.05, 0) is 18.6 Å². The second-order valence-electron chi connectivity index (χ2n) is 3.91. The lowest BCUT2D eigenvalue weighted by atomic mass is 10.1. The van der Waals surface area contributed by atoms with E-state index in [-0.39, 0.29) is 11.9 Å². The van der Waals surface area contributed by atoms with Crippen LogP contribution in [0.2, 0.25) is 0 Å². The van der Waals surface area contributed by atoms with Crippen molar-refractivity contribution < 1.29 is 8.81 Å².